The third kappa shape index (κ3) is 6.21. The minimum absolute atomic E-state index is 0.115. The maximum absolute atomic E-state index is 13.1. The number of aliphatic imine (C=N–C) groups is 1. The zero-order valence-electron chi connectivity index (χ0n) is 21.2. The number of aryl methyl sites for hydroxylation is 1. The lowest BCUT2D eigenvalue weighted by Crippen LogP contribution is -2.28. The highest BCUT2D eigenvalue weighted by atomic mass is 32.2. The van der Waals surface area contributed by atoms with Gasteiger partial charge in [-0.2, -0.15) is 0 Å². The zero-order valence-corrected chi connectivity index (χ0v) is 22.0. The molecule has 1 saturated heterocycles. The van der Waals surface area contributed by atoms with E-state index in [0.717, 1.165) is 11.1 Å². The summed E-state index contributed by atoms with van der Waals surface area (Å²) in [6, 6.07) is 20.5. The molecule has 0 bridgehead atoms. The highest BCUT2D eigenvalue weighted by molar-refractivity contribution is 8.18. The molecule has 1 heterocycles. The van der Waals surface area contributed by atoms with Crippen LogP contribution in [0.15, 0.2) is 76.6 Å². The van der Waals surface area contributed by atoms with Crippen molar-refractivity contribution in [1.29, 1.82) is 0 Å². The minimum Gasteiger partial charge on any atom is -0.493 e. The number of hydrogen-bond donors (Lipinski definition) is 0. The van der Waals surface area contributed by atoms with E-state index in [-0.39, 0.29) is 5.91 Å². The number of amides is 1. The molecule has 1 fully saturated rings. The fourth-order valence-electron chi connectivity index (χ4n) is 3.78. The van der Waals surface area contributed by atoms with E-state index in [9.17, 15) is 9.59 Å². The van der Waals surface area contributed by atoms with E-state index in [1.807, 2.05) is 56.3 Å². The number of carbonyl (C=O) groups excluding carboxylic acids is 2. The third-order valence-electron chi connectivity index (χ3n) is 5.68. The van der Waals surface area contributed by atoms with E-state index < -0.39 is 5.97 Å². The predicted molar refractivity (Wildman–Crippen MR) is 146 cm³/mol. The van der Waals surface area contributed by atoms with Gasteiger partial charge in [0.2, 0.25) is 0 Å². The lowest BCUT2D eigenvalue weighted by Gasteiger charge is -2.12. The van der Waals surface area contributed by atoms with Gasteiger partial charge in [0.05, 0.1) is 30.4 Å². The molecule has 1 amide bonds. The first-order valence-corrected chi connectivity index (χ1v) is 12.6. The summed E-state index contributed by atoms with van der Waals surface area (Å²) in [5, 5.41) is 0.578. The summed E-state index contributed by atoms with van der Waals surface area (Å²) in [5.41, 5.74) is 4.15. The molecule has 0 atom stereocenters. The van der Waals surface area contributed by atoms with E-state index in [4.69, 9.17) is 14.2 Å². The summed E-state index contributed by atoms with van der Waals surface area (Å²) < 4.78 is 16.3. The minimum atomic E-state index is -0.410. The standard InChI is InChI=1S/C29H28N2O5S/c1-5-31-27(32)26(37-29(31)30-23-12-10-22(11-13-23)28(33)35-4)17-20-9-14-24(25(16-20)34-3)36-18-21-8-6-7-19(2)15-21/h6-17H,5,18H2,1-4H3. The van der Waals surface area contributed by atoms with Crippen LogP contribution in [0, 0.1) is 6.92 Å². The van der Waals surface area contributed by atoms with Gasteiger partial charge < -0.3 is 14.2 Å². The number of hydrogen-bond acceptors (Lipinski definition) is 7. The second-order valence-electron chi connectivity index (χ2n) is 8.28. The summed E-state index contributed by atoms with van der Waals surface area (Å²) in [6.45, 7) is 4.86. The van der Waals surface area contributed by atoms with Crippen molar-refractivity contribution in [3.63, 3.8) is 0 Å². The Bertz CT molecular complexity index is 1360. The van der Waals surface area contributed by atoms with E-state index in [0.29, 0.717) is 46.0 Å². The summed E-state index contributed by atoms with van der Waals surface area (Å²) in [7, 11) is 2.93. The molecule has 3 aromatic carbocycles. The Morgan fingerprint density at radius 2 is 1.81 bits per heavy atom. The van der Waals surface area contributed by atoms with Crippen LogP contribution in [-0.2, 0) is 16.1 Å². The van der Waals surface area contributed by atoms with Crippen LogP contribution in [0.2, 0.25) is 0 Å². The average molecular weight is 517 g/mol. The second-order valence-corrected chi connectivity index (χ2v) is 9.29. The van der Waals surface area contributed by atoms with Crippen LogP contribution in [0.25, 0.3) is 6.08 Å². The Labute approximate surface area is 220 Å². The monoisotopic (exact) mass is 516 g/mol. The predicted octanol–water partition coefficient (Wildman–Crippen LogP) is 5.99. The molecular formula is C29H28N2O5S. The molecule has 0 radical (unpaired) electrons. The van der Waals surface area contributed by atoms with Crippen LogP contribution in [-0.4, -0.2) is 42.7 Å². The molecule has 3 aromatic rings. The summed E-state index contributed by atoms with van der Waals surface area (Å²) in [5.74, 6) is 0.692. The average Bonchev–Trinajstić information content (AvgIpc) is 3.20. The molecule has 0 unspecified atom stereocenters. The quantitative estimate of drug-likeness (QED) is 0.270. The molecule has 0 saturated carbocycles. The Kier molecular flexibility index (Phi) is 8.30. The van der Waals surface area contributed by atoms with Crippen molar-refractivity contribution in [1.82, 2.24) is 4.90 Å². The number of esters is 1. The molecule has 1 aliphatic heterocycles. The molecule has 190 valence electrons. The van der Waals surface area contributed by atoms with Gasteiger partial charge in [-0.3, -0.25) is 9.69 Å². The van der Waals surface area contributed by atoms with Crippen LogP contribution in [0.5, 0.6) is 11.5 Å². The van der Waals surface area contributed by atoms with Crippen LogP contribution in [0.1, 0.15) is 34.0 Å². The molecule has 0 spiro atoms. The molecule has 0 aromatic heterocycles. The maximum Gasteiger partial charge on any atom is 0.337 e. The number of methoxy groups -OCH3 is 2. The van der Waals surface area contributed by atoms with Gasteiger partial charge in [0.15, 0.2) is 16.7 Å². The van der Waals surface area contributed by atoms with Crippen molar-refractivity contribution in [3.05, 3.63) is 93.9 Å². The van der Waals surface area contributed by atoms with Crippen molar-refractivity contribution in [3.8, 4) is 11.5 Å². The normalized spacial score (nSPS) is 15.4. The Morgan fingerprint density at radius 1 is 1.03 bits per heavy atom. The number of rotatable bonds is 8. The van der Waals surface area contributed by atoms with Gasteiger partial charge >= 0.3 is 5.97 Å². The first-order chi connectivity index (χ1) is 17.9. The Hall–Kier alpha value is -4.04. The molecule has 37 heavy (non-hydrogen) atoms. The number of likely N-dealkylation sites (N-methyl/N-ethyl adjacent to an activating group) is 1. The topological polar surface area (TPSA) is 77.4 Å². The lowest BCUT2D eigenvalue weighted by atomic mass is 10.1. The first kappa shape index (κ1) is 26.0. The van der Waals surface area contributed by atoms with Gasteiger partial charge in [-0.25, -0.2) is 9.79 Å². The first-order valence-electron chi connectivity index (χ1n) is 11.8. The van der Waals surface area contributed by atoms with Gasteiger partial charge in [0.25, 0.3) is 5.91 Å². The maximum atomic E-state index is 13.1. The van der Waals surface area contributed by atoms with Crippen molar-refractivity contribution >= 4 is 40.6 Å². The highest BCUT2D eigenvalue weighted by Gasteiger charge is 2.32. The van der Waals surface area contributed by atoms with Crippen LogP contribution in [0.4, 0.5) is 5.69 Å². The Balaban J connectivity index is 1.53. The fraction of sp³-hybridized carbons (Fsp3) is 0.207. The van der Waals surface area contributed by atoms with Crippen molar-refractivity contribution < 1.29 is 23.8 Å². The smallest absolute Gasteiger partial charge is 0.337 e. The van der Waals surface area contributed by atoms with Crippen LogP contribution < -0.4 is 9.47 Å². The Morgan fingerprint density at radius 3 is 2.49 bits per heavy atom. The van der Waals surface area contributed by atoms with Gasteiger partial charge in [0, 0.05) is 6.54 Å². The summed E-state index contributed by atoms with van der Waals surface area (Å²) in [6.07, 6.45) is 1.82. The summed E-state index contributed by atoms with van der Waals surface area (Å²) in [4.78, 5) is 31.6. The van der Waals surface area contributed by atoms with E-state index in [2.05, 4.69) is 11.1 Å². The number of carbonyl (C=O) groups is 2. The highest BCUT2D eigenvalue weighted by Crippen LogP contribution is 2.36. The van der Waals surface area contributed by atoms with E-state index in [1.54, 1.807) is 36.3 Å². The number of ether oxygens (including phenoxy) is 3. The molecule has 0 N–H and O–H groups in total. The largest absolute Gasteiger partial charge is 0.493 e. The van der Waals surface area contributed by atoms with Gasteiger partial charge in [-0.05, 0) is 79.2 Å². The fourth-order valence-corrected chi connectivity index (χ4v) is 4.84. The van der Waals surface area contributed by atoms with Crippen LogP contribution in [0.3, 0.4) is 0 Å². The lowest BCUT2D eigenvalue weighted by molar-refractivity contribution is -0.122. The molecule has 4 rings (SSSR count). The van der Waals surface area contributed by atoms with Crippen molar-refractivity contribution in [2.75, 3.05) is 20.8 Å². The molecular weight excluding hydrogens is 488 g/mol. The second kappa shape index (κ2) is 11.8. The number of nitrogens with zero attached hydrogens (tertiary/aromatic N) is 2. The third-order valence-corrected chi connectivity index (χ3v) is 6.69. The number of amidine groups is 1. The molecule has 7 nitrogen and oxygen atoms in total. The van der Waals surface area contributed by atoms with Crippen molar-refractivity contribution in [2.45, 2.75) is 20.5 Å². The number of thioether (sulfide) groups is 1. The molecule has 8 heteroatoms. The van der Waals surface area contributed by atoms with Crippen LogP contribution >= 0.6 is 11.8 Å². The molecule has 1 aliphatic rings. The summed E-state index contributed by atoms with van der Waals surface area (Å²) >= 11 is 1.31. The molecule has 0 aliphatic carbocycles. The SMILES string of the molecule is CCN1C(=O)C(=Cc2ccc(OCc3cccc(C)c3)c(OC)c2)SC1=Nc1ccc(C(=O)OC)cc1. The van der Waals surface area contributed by atoms with Gasteiger partial charge in [-0.1, -0.05) is 35.9 Å². The van der Waals surface area contributed by atoms with Gasteiger partial charge in [-0.15, -0.1) is 0 Å². The van der Waals surface area contributed by atoms with E-state index >= 15 is 0 Å². The van der Waals surface area contributed by atoms with Crippen molar-refractivity contribution in [2.24, 2.45) is 4.99 Å². The van der Waals surface area contributed by atoms with E-state index in [1.165, 1.54) is 24.4 Å². The number of benzene rings is 3. The van der Waals surface area contributed by atoms with Gasteiger partial charge in [0.1, 0.15) is 6.61 Å². The zero-order chi connectivity index (χ0) is 26.4.